The minimum absolute atomic E-state index is 0.0861. The van der Waals surface area contributed by atoms with Crippen LogP contribution in [0.3, 0.4) is 0 Å². The number of imidazole rings is 1. The number of amides is 1. The molecule has 0 aliphatic heterocycles. The molecule has 3 rings (SSSR count). The molecule has 0 radical (unpaired) electrons. The number of nitrogens with one attached hydrogen (secondary N) is 1. The zero-order valence-corrected chi connectivity index (χ0v) is 17.2. The Labute approximate surface area is 172 Å². The van der Waals surface area contributed by atoms with Crippen molar-refractivity contribution < 1.29 is 22.7 Å². The Hall–Kier alpha value is -3.10. The molecule has 0 bridgehead atoms. The Morgan fingerprint density at radius 1 is 1.07 bits per heavy atom. The van der Waals surface area contributed by atoms with Crippen LogP contribution >= 0.6 is 0 Å². The van der Waals surface area contributed by atoms with E-state index in [-0.39, 0.29) is 17.1 Å². The number of carbonyl (C=O) groups is 1. The van der Waals surface area contributed by atoms with Gasteiger partial charge in [0.05, 0.1) is 5.69 Å². The molecule has 1 aromatic carbocycles. The number of rotatable bonds is 5. The summed E-state index contributed by atoms with van der Waals surface area (Å²) in [6.45, 7) is 6.35. The van der Waals surface area contributed by atoms with Gasteiger partial charge >= 0.3 is 6.18 Å². The van der Waals surface area contributed by atoms with E-state index in [2.05, 4.69) is 15.3 Å². The van der Waals surface area contributed by atoms with Gasteiger partial charge in [-0.05, 0) is 48.7 Å². The lowest BCUT2D eigenvalue weighted by Gasteiger charge is -2.17. The fourth-order valence-electron chi connectivity index (χ4n) is 2.89. The molecule has 6 nitrogen and oxygen atoms in total. The van der Waals surface area contributed by atoms with Gasteiger partial charge in [-0.2, -0.15) is 13.2 Å². The van der Waals surface area contributed by atoms with Crippen LogP contribution in [0.4, 0.5) is 19.1 Å². The van der Waals surface area contributed by atoms with Crippen LogP contribution in [0, 0.1) is 12.3 Å². The Kier molecular flexibility index (Phi) is 5.74. The first-order chi connectivity index (χ1) is 13.9. The fourth-order valence-corrected chi connectivity index (χ4v) is 2.89. The summed E-state index contributed by atoms with van der Waals surface area (Å²) in [7, 11) is 0. The number of fused-ring (bicyclic) bond motifs is 1. The van der Waals surface area contributed by atoms with E-state index in [9.17, 15) is 18.0 Å². The van der Waals surface area contributed by atoms with Crippen LogP contribution < -0.4 is 10.1 Å². The van der Waals surface area contributed by atoms with Gasteiger partial charge in [0.15, 0.2) is 12.3 Å². The number of anilines is 1. The van der Waals surface area contributed by atoms with E-state index in [4.69, 9.17) is 4.74 Å². The normalized spacial score (nSPS) is 12.2. The molecule has 0 unspecified atom stereocenters. The summed E-state index contributed by atoms with van der Waals surface area (Å²) in [6, 6.07) is 9.67. The van der Waals surface area contributed by atoms with Gasteiger partial charge in [-0.25, -0.2) is 9.97 Å². The Morgan fingerprint density at radius 3 is 2.33 bits per heavy atom. The summed E-state index contributed by atoms with van der Waals surface area (Å²) in [6.07, 6.45) is -4.11. The maximum atomic E-state index is 12.5. The molecule has 3 aromatic rings. The largest absolute Gasteiger partial charge is 0.484 e. The smallest absolute Gasteiger partial charge is 0.422 e. The lowest BCUT2D eigenvalue weighted by atomic mass is 9.92. The molecule has 0 saturated carbocycles. The van der Waals surface area contributed by atoms with Gasteiger partial charge < -0.3 is 4.74 Å². The number of alkyl halides is 3. The standard InChI is InChI=1S/C21H23F3N4O2/c1-13-5-10-16-18(25-13)28(19(26-16)27-17(29)11-20(2,3)4)14-6-8-15(9-7-14)30-12-21(22,23)24/h5-10H,11-12H2,1-4H3,(H,26,27,29). The summed E-state index contributed by atoms with van der Waals surface area (Å²) in [5.74, 6) is 0.185. The number of carbonyl (C=O) groups excluding carboxylic acids is 1. The lowest BCUT2D eigenvalue weighted by molar-refractivity contribution is -0.153. The van der Waals surface area contributed by atoms with Crippen molar-refractivity contribution >= 4 is 23.0 Å². The number of aryl methyl sites for hydroxylation is 1. The molecule has 0 spiro atoms. The second-order valence-corrected chi connectivity index (χ2v) is 8.25. The quantitative estimate of drug-likeness (QED) is 0.628. The number of hydrogen-bond donors (Lipinski definition) is 1. The van der Waals surface area contributed by atoms with Crippen molar-refractivity contribution in [3.63, 3.8) is 0 Å². The highest BCUT2D eigenvalue weighted by Crippen LogP contribution is 2.27. The van der Waals surface area contributed by atoms with E-state index >= 15 is 0 Å². The van der Waals surface area contributed by atoms with Gasteiger partial charge in [0.1, 0.15) is 11.3 Å². The highest BCUT2D eigenvalue weighted by atomic mass is 19.4. The molecule has 160 valence electrons. The molecule has 30 heavy (non-hydrogen) atoms. The van der Waals surface area contributed by atoms with E-state index in [1.807, 2.05) is 33.8 Å². The van der Waals surface area contributed by atoms with Crippen LogP contribution in [0.5, 0.6) is 5.75 Å². The lowest BCUT2D eigenvalue weighted by Crippen LogP contribution is -2.21. The molecule has 0 aliphatic rings. The van der Waals surface area contributed by atoms with Crippen molar-refractivity contribution in [2.45, 2.75) is 40.3 Å². The third kappa shape index (κ3) is 5.49. The van der Waals surface area contributed by atoms with E-state index in [1.54, 1.807) is 22.8 Å². The summed E-state index contributed by atoms with van der Waals surface area (Å²) in [5, 5.41) is 2.83. The summed E-state index contributed by atoms with van der Waals surface area (Å²) in [4.78, 5) is 21.5. The SMILES string of the molecule is Cc1ccc2nc(NC(=O)CC(C)(C)C)n(-c3ccc(OCC(F)(F)F)cc3)c2n1. The zero-order chi connectivity index (χ0) is 22.1. The molecule has 9 heteroatoms. The van der Waals surface area contributed by atoms with Gasteiger partial charge in [-0.1, -0.05) is 20.8 Å². The maximum absolute atomic E-state index is 12.5. The third-order valence-corrected chi connectivity index (χ3v) is 4.08. The van der Waals surface area contributed by atoms with Crippen molar-refractivity contribution in [3.05, 3.63) is 42.1 Å². The number of nitrogens with zero attached hydrogens (tertiary/aromatic N) is 3. The van der Waals surface area contributed by atoms with Gasteiger partial charge in [0.25, 0.3) is 0 Å². The van der Waals surface area contributed by atoms with E-state index in [0.29, 0.717) is 29.2 Å². The summed E-state index contributed by atoms with van der Waals surface area (Å²) in [5.41, 5.74) is 2.27. The first-order valence-electron chi connectivity index (χ1n) is 9.37. The molecule has 0 saturated heterocycles. The number of pyridine rings is 1. The predicted octanol–water partition coefficient (Wildman–Crippen LogP) is 5.04. The monoisotopic (exact) mass is 420 g/mol. The van der Waals surface area contributed by atoms with Crippen LogP contribution in [0.1, 0.15) is 32.9 Å². The number of hydrogen-bond acceptors (Lipinski definition) is 4. The molecule has 0 aliphatic carbocycles. The van der Waals surface area contributed by atoms with Gasteiger partial charge in [0.2, 0.25) is 11.9 Å². The van der Waals surface area contributed by atoms with Crippen LogP contribution in [-0.4, -0.2) is 33.2 Å². The van der Waals surface area contributed by atoms with Crippen molar-refractivity contribution in [1.29, 1.82) is 0 Å². The number of benzene rings is 1. The van der Waals surface area contributed by atoms with E-state index in [0.717, 1.165) is 5.69 Å². The highest BCUT2D eigenvalue weighted by Gasteiger charge is 2.28. The molecule has 0 fully saturated rings. The second kappa shape index (κ2) is 7.97. The van der Waals surface area contributed by atoms with E-state index in [1.165, 1.54) is 12.1 Å². The molecule has 1 amide bonds. The van der Waals surface area contributed by atoms with Crippen molar-refractivity contribution in [2.75, 3.05) is 11.9 Å². The third-order valence-electron chi connectivity index (χ3n) is 4.08. The number of aromatic nitrogens is 3. The van der Waals surface area contributed by atoms with Gasteiger partial charge in [-0.3, -0.25) is 14.7 Å². The minimum atomic E-state index is -4.41. The Bertz CT molecular complexity index is 1050. The van der Waals surface area contributed by atoms with Crippen LogP contribution in [0.15, 0.2) is 36.4 Å². The average molecular weight is 420 g/mol. The molecule has 2 heterocycles. The molecule has 0 atom stereocenters. The molecular formula is C21H23F3N4O2. The molecule has 1 N–H and O–H groups in total. The van der Waals surface area contributed by atoms with Crippen LogP contribution in [0.25, 0.3) is 16.9 Å². The fraction of sp³-hybridized carbons (Fsp3) is 0.381. The second-order valence-electron chi connectivity index (χ2n) is 8.25. The van der Waals surface area contributed by atoms with E-state index < -0.39 is 12.8 Å². The maximum Gasteiger partial charge on any atom is 0.422 e. The zero-order valence-electron chi connectivity index (χ0n) is 17.2. The first-order valence-corrected chi connectivity index (χ1v) is 9.37. The van der Waals surface area contributed by atoms with Gasteiger partial charge in [0, 0.05) is 12.1 Å². The first kappa shape index (κ1) is 21.6. The van der Waals surface area contributed by atoms with Gasteiger partial charge in [-0.15, -0.1) is 0 Å². The van der Waals surface area contributed by atoms with Crippen molar-refractivity contribution in [1.82, 2.24) is 14.5 Å². The number of ether oxygens (including phenoxy) is 1. The van der Waals surface area contributed by atoms with Crippen LogP contribution in [-0.2, 0) is 4.79 Å². The predicted molar refractivity (Wildman–Crippen MR) is 108 cm³/mol. The molecule has 2 aromatic heterocycles. The topological polar surface area (TPSA) is 69.0 Å². The Balaban J connectivity index is 1.96. The highest BCUT2D eigenvalue weighted by molar-refractivity contribution is 5.92. The Morgan fingerprint density at radius 2 is 1.73 bits per heavy atom. The summed E-state index contributed by atoms with van der Waals surface area (Å²) >= 11 is 0. The summed E-state index contributed by atoms with van der Waals surface area (Å²) < 4.78 is 43.5. The minimum Gasteiger partial charge on any atom is -0.484 e. The van der Waals surface area contributed by atoms with Crippen molar-refractivity contribution in [2.24, 2.45) is 5.41 Å². The molecular weight excluding hydrogens is 397 g/mol. The average Bonchev–Trinajstić information content (AvgIpc) is 2.95. The number of halogens is 3. The van der Waals surface area contributed by atoms with Crippen molar-refractivity contribution in [3.8, 4) is 11.4 Å². The van der Waals surface area contributed by atoms with Crippen LogP contribution in [0.2, 0.25) is 0 Å².